The largest absolute Gasteiger partial charge is 0.331 e. The third-order valence-corrected chi connectivity index (χ3v) is 4.28. The monoisotopic (exact) mass is 309 g/mol. The van der Waals surface area contributed by atoms with Crippen LogP contribution in [-0.4, -0.2) is 29.0 Å². The minimum atomic E-state index is -0.0551. The smallest absolute Gasteiger partial charge is 0.317 e. The molecule has 2 heterocycles. The Hall–Kier alpha value is -2.36. The minimum absolute atomic E-state index is 0.0366. The number of nitrogens with one attached hydrogen (secondary N) is 1. The van der Waals surface area contributed by atoms with Crippen molar-refractivity contribution in [3.05, 3.63) is 66.0 Å². The predicted octanol–water partition coefficient (Wildman–Crippen LogP) is 3.56. The molecule has 4 heteroatoms. The highest BCUT2D eigenvalue weighted by Gasteiger charge is 2.21. The Balaban J connectivity index is 1.73. The van der Waals surface area contributed by atoms with Crippen LogP contribution in [0.2, 0.25) is 0 Å². The Morgan fingerprint density at radius 3 is 2.48 bits per heavy atom. The SMILES string of the molecule is O=C(NC(Cc1ccccn1)c1ccccc1)N1CCCCC1. The third kappa shape index (κ3) is 4.31. The van der Waals surface area contributed by atoms with Crippen molar-refractivity contribution in [1.82, 2.24) is 15.2 Å². The van der Waals surface area contributed by atoms with E-state index in [1.54, 1.807) is 6.20 Å². The molecule has 2 aromatic rings. The quantitative estimate of drug-likeness (QED) is 0.938. The number of likely N-dealkylation sites (tertiary alicyclic amines) is 1. The molecule has 1 saturated heterocycles. The van der Waals surface area contributed by atoms with Crippen LogP contribution in [0.1, 0.15) is 36.6 Å². The molecule has 1 fully saturated rings. The van der Waals surface area contributed by atoms with Gasteiger partial charge >= 0.3 is 6.03 Å². The van der Waals surface area contributed by atoms with Crippen LogP contribution in [-0.2, 0) is 6.42 Å². The number of hydrogen-bond acceptors (Lipinski definition) is 2. The lowest BCUT2D eigenvalue weighted by Crippen LogP contribution is -2.44. The maximum atomic E-state index is 12.6. The summed E-state index contributed by atoms with van der Waals surface area (Å²) in [5.74, 6) is 0. The van der Waals surface area contributed by atoms with E-state index in [0.717, 1.165) is 37.2 Å². The van der Waals surface area contributed by atoms with Crippen LogP contribution in [0.25, 0.3) is 0 Å². The molecule has 3 rings (SSSR count). The molecule has 23 heavy (non-hydrogen) atoms. The van der Waals surface area contributed by atoms with Crippen LogP contribution in [0.4, 0.5) is 4.79 Å². The topological polar surface area (TPSA) is 45.2 Å². The zero-order valence-corrected chi connectivity index (χ0v) is 13.3. The van der Waals surface area contributed by atoms with Gasteiger partial charge in [-0.1, -0.05) is 36.4 Å². The number of rotatable bonds is 4. The number of urea groups is 1. The van der Waals surface area contributed by atoms with Gasteiger partial charge in [-0.2, -0.15) is 0 Å². The summed E-state index contributed by atoms with van der Waals surface area (Å²) in [6.07, 6.45) is 5.92. The molecule has 1 aliphatic rings. The summed E-state index contributed by atoms with van der Waals surface area (Å²) in [5, 5.41) is 3.20. The van der Waals surface area contributed by atoms with Gasteiger partial charge < -0.3 is 10.2 Å². The Morgan fingerprint density at radius 1 is 1.04 bits per heavy atom. The van der Waals surface area contributed by atoms with Crippen LogP contribution in [0.15, 0.2) is 54.7 Å². The van der Waals surface area contributed by atoms with Crippen molar-refractivity contribution in [1.29, 1.82) is 0 Å². The van der Waals surface area contributed by atoms with Crippen molar-refractivity contribution in [2.45, 2.75) is 31.7 Å². The second kappa shape index (κ2) is 7.77. The molecule has 1 atom stereocenters. The van der Waals surface area contributed by atoms with Crippen molar-refractivity contribution in [3.8, 4) is 0 Å². The average molecular weight is 309 g/mol. The lowest BCUT2D eigenvalue weighted by Gasteiger charge is -2.29. The van der Waals surface area contributed by atoms with Gasteiger partial charge in [-0.05, 0) is 37.0 Å². The van der Waals surface area contributed by atoms with Crippen molar-refractivity contribution >= 4 is 6.03 Å². The van der Waals surface area contributed by atoms with Gasteiger partial charge in [0, 0.05) is 31.4 Å². The molecule has 1 N–H and O–H groups in total. The maximum Gasteiger partial charge on any atom is 0.317 e. The number of amides is 2. The number of carbonyl (C=O) groups excluding carboxylic acids is 1. The molecular weight excluding hydrogens is 286 g/mol. The Morgan fingerprint density at radius 2 is 1.78 bits per heavy atom. The van der Waals surface area contributed by atoms with E-state index in [4.69, 9.17) is 0 Å². The highest BCUT2D eigenvalue weighted by atomic mass is 16.2. The average Bonchev–Trinajstić information content (AvgIpc) is 2.63. The molecule has 0 aliphatic carbocycles. The Kier molecular flexibility index (Phi) is 5.25. The van der Waals surface area contributed by atoms with Gasteiger partial charge in [-0.25, -0.2) is 4.79 Å². The number of benzene rings is 1. The Bertz CT molecular complexity index is 609. The first-order chi connectivity index (χ1) is 11.3. The van der Waals surface area contributed by atoms with Crippen LogP contribution in [0, 0.1) is 0 Å². The second-order valence-corrected chi connectivity index (χ2v) is 5.99. The molecule has 1 aromatic carbocycles. The highest BCUT2D eigenvalue weighted by Crippen LogP contribution is 2.18. The van der Waals surface area contributed by atoms with Crippen molar-refractivity contribution < 1.29 is 4.79 Å². The van der Waals surface area contributed by atoms with E-state index in [0.29, 0.717) is 6.42 Å². The van der Waals surface area contributed by atoms with E-state index in [-0.39, 0.29) is 12.1 Å². The van der Waals surface area contributed by atoms with Crippen LogP contribution in [0.5, 0.6) is 0 Å². The first kappa shape index (κ1) is 15.5. The number of carbonyl (C=O) groups is 1. The number of piperidine rings is 1. The number of hydrogen-bond donors (Lipinski definition) is 1. The van der Waals surface area contributed by atoms with Gasteiger partial charge in [0.15, 0.2) is 0 Å². The molecule has 0 saturated carbocycles. The van der Waals surface area contributed by atoms with Crippen LogP contribution < -0.4 is 5.32 Å². The minimum Gasteiger partial charge on any atom is -0.331 e. The summed E-state index contributed by atoms with van der Waals surface area (Å²) in [6.45, 7) is 1.72. The summed E-state index contributed by atoms with van der Waals surface area (Å²) in [7, 11) is 0. The van der Waals surface area contributed by atoms with E-state index in [1.807, 2.05) is 41.3 Å². The summed E-state index contributed by atoms with van der Waals surface area (Å²) in [6, 6.07) is 16.0. The normalized spacial score (nSPS) is 15.9. The van der Waals surface area contributed by atoms with Crippen molar-refractivity contribution in [2.24, 2.45) is 0 Å². The molecule has 0 bridgehead atoms. The third-order valence-electron chi connectivity index (χ3n) is 4.28. The number of pyridine rings is 1. The van der Waals surface area contributed by atoms with E-state index in [2.05, 4.69) is 22.4 Å². The fourth-order valence-corrected chi connectivity index (χ4v) is 3.00. The summed E-state index contributed by atoms with van der Waals surface area (Å²) >= 11 is 0. The first-order valence-electron chi connectivity index (χ1n) is 8.33. The Labute approximate surface area is 137 Å². The predicted molar refractivity (Wildman–Crippen MR) is 91.1 cm³/mol. The molecule has 0 radical (unpaired) electrons. The van der Waals surface area contributed by atoms with E-state index < -0.39 is 0 Å². The molecule has 1 unspecified atom stereocenters. The molecule has 1 aromatic heterocycles. The van der Waals surface area contributed by atoms with E-state index in [9.17, 15) is 4.79 Å². The van der Waals surface area contributed by atoms with Gasteiger partial charge in [0.05, 0.1) is 6.04 Å². The number of aromatic nitrogens is 1. The van der Waals surface area contributed by atoms with Gasteiger partial charge in [-0.15, -0.1) is 0 Å². The molecule has 1 aliphatic heterocycles. The van der Waals surface area contributed by atoms with Crippen LogP contribution in [0.3, 0.4) is 0 Å². The fraction of sp³-hybridized carbons (Fsp3) is 0.368. The summed E-state index contributed by atoms with van der Waals surface area (Å²) < 4.78 is 0. The van der Waals surface area contributed by atoms with E-state index >= 15 is 0 Å². The highest BCUT2D eigenvalue weighted by molar-refractivity contribution is 5.74. The second-order valence-electron chi connectivity index (χ2n) is 5.99. The van der Waals surface area contributed by atoms with Gasteiger partial charge in [0.25, 0.3) is 0 Å². The van der Waals surface area contributed by atoms with Gasteiger partial charge in [0.1, 0.15) is 0 Å². The molecule has 2 amide bonds. The van der Waals surface area contributed by atoms with Crippen LogP contribution >= 0.6 is 0 Å². The molecule has 0 spiro atoms. The first-order valence-corrected chi connectivity index (χ1v) is 8.33. The summed E-state index contributed by atoms with van der Waals surface area (Å²) in [4.78, 5) is 18.9. The van der Waals surface area contributed by atoms with Gasteiger partial charge in [-0.3, -0.25) is 4.98 Å². The van der Waals surface area contributed by atoms with E-state index in [1.165, 1.54) is 6.42 Å². The number of nitrogens with zero attached hydrogens (tertiary/aromatic N) is 2. The molecular formula is C19H23N3O. The lowest BCUT2D eigenvalue weighted by atomic mass is 10.0. The molecule has 120 valence electrons. The lowest BCUT2D eigenvalue weighted by molar-refractivity contribution is 0.182. The standard InChI is InChI=1S/C19H23N3O/c23-19(22-13-7-2-8-14-22)21-18(16-9-3-1-4-10-16)15-17-11-5-6-12-20-17/h1,3-6,9-12,18H,2,7-8,13-15H2,(H,21,23). The fourth-order valence-electron chi connectivity index (χ4n) is 3.00. The maximum absolute atomic E-state index is 12.6. The van der Waals surface area contributed by atoms with Crippen molar-refractivity contribution in [2.75, 3.05) is 13.1 Å². The summed E-state index contributed by atoms with van der Waals surface area (Å²) in [5.41, 5.74) is 2.10. The van der Waals surface area contributed by atoms with Gasteiger partial charge in [0.2, 0.25) is 0 Å². The zero-order valence-electron chi connectivity index (χ0n) is 13.3. The molecule has 4 nitrogen and oxygen atoms in total. The van der Waals surface area contributed by atoms with Crippen molar-refractivity contribution in [3.63, 3.8) is 0 Å². The zero-order chi connectivity index (χ0) is 15.9.